The predicted molar refractivity (Wildman–Crippen MR) is 100 cm³/mol. The molecule has 0 radical (unpaired) electrons. The zero-order valence-corrected chi connectivity index (χ0v) is 15.9. The molecule has 1 aromatic carbocycles. The molecule has 2 heterocycles. The van der Waals surface area contributed by atoms with Gasteiger partial charge in [0.05, 0.1) is 11.8 Å². The Morgan fingerprint density at radius 3 is 2.36 bits per heavy atom. The molecule has 2 fully saturated rings. The van der Waals surface area contributed by atoms with E-state index in [1.807, 2.05) is 30.3 Å². The number of benzene rings is 1. The quantitative estimate of drug-likeness (QED) is 0.843. The first-order valence-electron chi connectivity index (χ1n) is 8.60. The number of carbonyl (C=O) groups is 1. The third kappa shape index (κ3) is 5.17. The van der Waals surface area contributed by atoms with Gasteiger partial charge in [-0.05, 0) is 24.9 Å². The van der Waals surface area contributed by atoms with Crippen molar-refractivity contribution < 1.29 is 13.2 Å². The molecule has 0 aromatic heterocycles. The molecule has 1 aromatic rings. The van der Waals surface area contributed by atoms with Crippen LogP contribution in [0.1, 0.15) is 24.8 Å². The van der Waals surface area contributed by atoms with Crippen LogP contribution in [-0.2, 0) is 20.6 Å². The summed E-state index contributed by atoms with van der Waals surface area (Å²) in [5, 5.41) is 3.27. The van der Waals surface area contributed by atoms with Crippen molar-refractivity contribution in [1.82, 2.24) is 14.5 Å². The zero-order chi connectivity index (χ0) is 17.0. The van der Waals surface area contributed by atoms with Crippen LogP contribution in [-0.4, -0.2) is 62.3 Å². The van der Waals surface area contributed by atoms with Gasteiger partial charge in [-0.2, -0.15) is 4.31 Å². The molecule has 2 aliphatic heterocycles. The van der Waals surface area contributed by atoms with Gasteiger partial charge in [-0.15, -0.1) is 12.4 Å². The zero-order valence-electron chi connectivity index (χ0n) is 14.3. The minimum atomic E-state index is -3.33. The lowest BCUT2D eigenvalue weighted by molar-refractivity contribution is -0.135. The molecule has 1 amide bonds. The molecule has 2 aliphatic rings. The fourth-order valence-corrected chi connectivity index (χ4v) is 4.86. The van der Waals surface area contributed by atoms with E-state index in [-0.39, 0.29) is 30.1 Å². The molecule has 0 saturated carbocycles. The van der Waals surface area contributed by atoms with E-state index in [9.17, 15) is 13.2 Å². The third-order valence-electron chi connectivity index (χ3n) is 4.74. The van der Waals surface area contributed by atoms with Crippen molar-refractivity contribution in [1.29, 1.82) is 0 Å². The van der Waals surface area contributed by atoms with E-state index in [4.69, 9.17) is 0 Å². The van der Waals surface area contributed by atoms with Crippen LogP contribution in [0.25, 0.3) is 0 Å². The van der Waals surface area contributed by atoms with Gasteiger partial charge in [0.15, 0.2) is 0 Å². The summed E-state index contributed by atoms with van der Waals surface area (Å²) in [4.78, 5) is 14.3. The summed E-state index contributed by atoms with van der Waals surface area (Å²) in [5.74, 6) is 0.140. The van der Waals surface area contributed by atoms with Crippen molar-refractivity contribution in [3.05, 3.63) is 35.9 Å². The Balaban J connectivity index is 0.00000225. The topological polar surface area (TPSA) is 69.7 Å². The maximum atomic E-state index is 12.5. The number of halogens is 1. The Kier molecular flexibility index (Phi) is 7.25. The molecule has 1 atom stereocenters. The van der Waals surface area contributed by atoms with E-state index in [0.717, 1.165) is 31.4 Å². The highest BCUT2D eigenvalue weighted by molar-refractivity contribution is 7.88. The Labute approximate surface area is 156 Å². The fraction of sp³-hybridized carbons (Fsp3) is 0.588. The molecule has 25 heavy (non-hydrogen) atoms. The molecule has 1 N–H and O–H groups in total. The molecule has 0 aliphatic carbocycles. The van der Waals surface area contributed by atoms with Gasteiger partial charge in [0, 0.05) is 26.2 Å². The van der Waals surface area contributed by atoms with Gasteiger partial charge >= 0.3 is 0 Å². The van der Waals surface area contributed by atoms with Crippen LogP contribution in [0, 0.1) is 0 Å². The first-order valence-corrected chi connectivity index (χ1v) is 10.2. The molecule has 8 heteroatoms. The number of piperazine rings is 1. The molecule has 0 spiro atoms. The fourth-order valence-electron chi connectivity index (χ4n) is 3.35. The van der Waals surface area contributed by atoms with Crippen LogP contribution in [0.4, 0.5) is 0 Å². The Bertz CT molecular complexity index is 655. The number of nitrogens with zero attached hydrogens (tertiary/aromatic N) is 2. The highest BCUT2D eigenvalue weighted by Crippen LogP contribution is 2.16. The Hall–Kier alpha value is -1.15. The number of sulfonamides is 1. The van der Waals surface area contributed by atoms with Gasteiger partial charge in [0.2, 0.25) is 15.9 Å². The largest absolute Gasteiger partial charge is 0.339 e. The van der Waals surface area contributed by atoms with Crippen LogP contribution in [0.2, 0.25) is 0 Å². The van der Waals surface area contributed by atoms with Gasteiger partial charge in [-0.1, -0.05) is 36.8 Å². The molecule has 1 unspecified atom stereocenters. The molecule has 0 bridgehead atoms. The number of rotatable bonds is 4. The number of piperidine rings is 1. The van der Waals surface area contributed by atoms with E-state index in [1.165, 1.54) is 4.31 Å². The summed E-state index contributed by atoms with van der Waals surface area (Å²) in [6.07, 6.45) is 3.08. The third-order valence-corrected chi connectivity index (χ3v) is 6.59. The molecule has 140 valence electrons. The number of amides is 1. The van der Waals surface area contributed by atoms with E-state index in [2.05, 4.69) is 5.32 Å². The predicted octanol–water partition coefficient (Wildman–Crippen LogP) is 1.22. The maximum absolute atomic E-state index is 12.5. The standard InChI is InChI=1S/C17H25N3O3S.ClH/c21-17(16-8-4-5-9-18-16)19-10-12-20(13-11-19)24(22,23)14-15-6-2-1-3-7-15;/h1-3,6-7,16,18H,4-5,8-14H2;1H. The Morgan fingerprint density at radius 1 is 1.08 bits per heavy atom. The molecular weight excluding hydrogens is 362 g/mol. The normalized spacial score (nSPS) is 22.2. The Morgan fingerprint density at radius 2 is 1.76 bits per heavy atom. The second-order valence-corrected chi connectivity index (χ2v) is 8.44. The molecular formula is C17H26ClN3O3S. The van der Waals surface area contributed by atoms with Gasteiger partial charge in [-0.3, -0.25) is 4.79 Å². The van der Waals surface area contributed by atoms with Gasteiger partial charge in [0.1, 0.15) is 0 Å². The molecule has 6 nitrogen and oxygen atoms in total. The molecule has 3 rings (SSSR count). The van der Waals surface area contributed by atoms with Crippen LogP contribution >= 0.6 is 12.4 Å². The molecule has 2 saturated heterocycles. The summed E-state index contributed by atoms with van der Waals surface area (Å²) in [7, 11) is -3.33. The summed E-state index contributed by atoms with van der Waals surface area (Å²) in [5.41, 5.74) is 0.794. The lowest BCUT2D eigenvalue weighted by Gasteiger charge is -2.36. The lowest BCUT2D eigenvalue weighted by atomic mass is 10.0. The summed E-state index contributed by atoms with van der Waals surface area (Å²) in [6, 6.07) is 9.13. The van der Waals surface area contributed by atoms with Crippen molar-refractivity contribution in [3.63, 3.8) is 0 Å². The number of carbonyl (C=O) groups excluding carboxylic acids is 1. The smallest absolute Gasteiger partial charge is 0.239 e. The van der Waals surface area contributed by atoms with E-state index >= 15 is 0 Å². The van der Waals surface area contributed by atoms with Crippen molar-refractivity contribution in [2.24, 2.45) is 0 Å². The average molecular weight is 388 g/mol. The van der Waals surface area contributed by atoms with Crippen molar-refractivity contribution in [2.75, 3.05) is 32.7 Å². The summed E-state index contributed by atoms with van der Waals surface area (Å²) in [6.45, 7) is 2.61. The minimum absolute atomic E-state index is 0. The van der Waals surface area contributed by atoms with Crippen LogP contribution in [0.5, 0.6) is 0 Å². The number of hydrogen-bond acceptors (Lipinski definition) is 4. The second-order valence-electron chi connectivity index (χ2n) is 6.47. The van der Waals surface area contributed by atoms with Gasteiger partial charge < -0.3 is 10.2 Å². The summed E-state index contributed by atoms with van der Waals surface area (Å²) >= 11 is 0. The average Bonchev–Trinajstić information content (AvgIpc) is 2.62. The van der Waals surface area contributed by atoms with Gasteiger partial charge in [0.25, 0.3) is 0 Å². The minimum Gasteiger partial charge on any atom is -0.339 e. The number of hydrogen-bond donors (Lipinski definition) is 1. The van der Waals surface area contributed by atoms with E-state index in [0.29, 0.717) is 26.2 Å². The monoisotopic (exact) mass is 387 g/mol. The number of nitrogens with one attached hydrogen (secondary N) is 1. The second kappa shape index (κ2) is 8.98. The van der Waals surface area contributed by atoms with E-state index < -0.39 is 10.0 Å². The lowest BCUT2D eigenvalue weighted by Crippen LogP contribution is -2.55. The highest BCUT2D eigenvalue weighted by atomic mass is 35.5. The van der Waals surface area contributed by atoms with Crippen molar-refractivity contribution in [2.45, 2.75) is 31.1 Å². The van der Waals surface area contributed by atoms with E-state index in [1.54, 1.807) is 4.90 Å². The highest BCUT2D eigenvalue weighted by Gasteiger charge is 2.32. The van der Waals surface area contributed by atoms with Crippen molar-refractivity contribution in [3.8, 4) is 0 Å². The first kappa shape index (κ1) is 20.2. The first-order chi connectivity index (χ1) is 11.6. The summed E-state index contributed by atoms with van der Waals surface area (Å²) < 4.78 is 26.6. The SMILES string of the molecule is Cl.O=C(C1CCCCN1)N1CCN(S(=O)(=O)Cc2ccccc2)CC1. The van der Waals surface area contributed by atoms with Gasteiger partial charge in [-0.25, -0.2) is 8.42 Å². The van der Waals surface area contributed by atoms with Crippen LogP contribution < -0.4 is 5.32 Å². The van der Waals surface area contributed by atoms with Crippen molar-refractivity contribution >= 4 is 28.3 Å². The van der Waals surface area contributed by atoms with Crippen LogP contribution in [0.15, 0.2) is 30.3 Å². The van der Waals surface area contributed by atoms with Crippen LogP contribution in [0.3, 0.4) is 0 Å². The maximum Gasteiger partial charge on any atom is 0.239 e.